The molecule has 0 radical (unpaired) electrons. The highest BCUT2D eigenvalue weighted by molar-refractivity contribution is 5.50. The summed E-state index contributed by atoms with van der Waals surface area (Å²) in [5.74, 6) is 0.533. The van der Waals surface area contributed by atoms with Crippen molar-refractivity contribution < 1.29 is 13.2 Å². The third-order valence-electron chi connectivity index (χ3n) is 4.04. The van der Waals surface area contributed by atoms with E-state index in [-0.39, 0.29) is 11.9 Å². The van der Waals surface area contributed by atoms with E-state index in [2.05, 4.69) is 10.3 Å². The zero-order valence-corrected chi connectivity index (χ0v) is 10.5. The summed E-state index contributed by atoms with van der Waals surface area (Å²) in [6.07, 6.45) is -0.891. The molecule has 6 heteroatoms. The Kier molecular flexibility index (Phi) is 3.12. The van der Waals surface area contributed by atoms with Gasteiger partial charge in [-0.25, -0.2) is 4.98 Å². The molecule has 0 amide bonds. The lowest BCUT2D eigenvalue weighted by Gasteiger charge is -2.38. The van der Waals surface area contributed by atoms with Gasteiger partial charge in [0.15, 0.2) is 0 Å². The van der Waals surface area contributed by atoms with Gasteiger partial charge in [0.25, 0.3) is 0 Å². The number of anilines is 1. The molecule has 1 aromatic rings. The standard InChI is InChI=1S/C13H16F3N3/c14-13(15,16)10-4-1-5-18-12(10)19-6-2-3-9-7-17-8-11(9)19/h1,4-5,9,11,17H,2-3,6-8H2. The number of nitrogens with zero attached hydrogens (tertiary/aromatic N) is 2. The molecule has 104 valence electrons. The van der Waals surface area contributed by atoms with Crippen LogP contribution in [0.3, 0.4) is 0 Å². The summed E-state index contributed by atoms with van der Waals surface area (Å²) in [5, 5.41) is 3.27. The third-order valence-corrected chi connectivity index (χ3v) is 4.04. The van der Waals surface area contributed by atoms with Crippen molar-refractivity contribution in [1.82, 2.24) is 10.3 Å². The number of aromatic nitrogens is 1. The number of alkyl halides is 3. The van der Waals surface area contributed by atoms with Gasteiger partial charge in [-0.1, -0.05) is 0 Å². The van der Waals surface area contributed by atoms with Crippen LogP contribution in [-0.4, -0.2) is 30.7 Å². The summed E-state index contributed by atoms with van der Waals surface area (Å²) in [6.45, 7) is 2.30. The van der Waals surface area contributed by atoms with Gasteiger partial charge in [0.05, 0.1) is 5.56 Å². The fourth-order valence-electron chi connectivity index (χ4n) is 3.18. The average Bonchev–Trinajstić information content (AvgIpc) is 2.85. The molecule has 1 aromatic heterocycles. The highest BCUT2D eigenvalue weighted by Gasteiger charge is 2.41. The van der Waals surface area contributed by atoms with Gasteiger partial charge in [-0.15, -0.1) is 0 Å². The molecule has 2 unspecified atom stereocenters. The first kappa shape index (κ1) is 12.7. The summed E-state index contributed by atoms with van der Waals surface area (Å²) in [5.41, 5.74) is -0.623. The van der Waals surface area contributed by atoms with Crippen molar-refractivity contribution >= 4 is 5.82 Å². The lowest BCUT2D eigenvalue weighted by Crippen LogP contribution is -2.46. The van der Waals surface area contributed by atoms with Gasteiger partial charge in [-0.2, -0.15) is 13.2 Å². The minimum absolute atomic E-state index is 0.0911. The van der Waals surface area contributed by atoms with Crippen LogP contribution < -0.4 is 10.2 Å². The first-order valence-electron chi connectivity index (χ1n) is 6.57. The van der Waals surface area contributed by atoms with Crippen LogP contribution in [0.2, 0.25) is 0 Å². The first-order chi connectivity index (χ1) is 9.07. The third kappa shape index (κ3) is 2.29. The van der Waals surface area contributed by atoms with Crippen LogP contribution >= 0.6 is 0 Å². The Morgan fingerprint density at radius 1 is 1.32 bits per heavy atom. The van der Waals surface area contributed by atoms with E-state index in [4.69, 9.17) is 0 Å². The Balaban J connectivity index is 1.97. The van der Waals surface area contributed by atoms with Crippen LogP contribution in [0, 0.1) is 5.92 Å². The number of halogens is 3. The number of hydrogen-bond donors (Lipinski definition) is 1. The topological polar surface area (TPSA) is 28.2 Å². The molecule has 2 fully saturated rings. The molecule has 2 aliphatic rings. The van der Waals surface area contributed by atoms with E-state index in [1.807, 2.05) is 4.90 Å². The van der Waals surface area contributed by atoms with Gasteiger partial charge in [0.1, 0.15) is 5.82 Å². The maximum atomic E-state index is 13.1. The molecule has 3 rings (SSSR count). The SMILES string of the molecule is FC(F)(F)c1cccnc1N1CCCC2CNCC21. The molecule has 3 nitrogen and oxygen atoms in total. The van der Waals surface area contributed by atoms with Crippen molar-refractivity contribution in [3.8, 4) is 0 Å². The molecule has 2 atom stereocenters. The van der Waals surface area contributed by atoms with Crippen molar-refractivity contribution in [3.05, 3.63) is 23.9 Å². The predicted octanol–water partition coefficient (Wildman–Crippen LogP) is 2.29. The predicted molar refractivity (Wildman–Crippen MR) is 66.0 cm³/mol. The number of piperidine rings is 1. The van der Waals surface area contributed by atoms with E-state index in [1.54, 1.807) is 0 Å². The molecule has 2 saturated heterocycles. The molecule has 0 saturated carbocycles. The van der Waals surface area contributed by atoms with Gasteiger partial charge in [-0.3, -0.25) is 0 Å². The number of nitrogens with one attached hydrogen (secondary N) is 1. The monoisotopic (exact) mass is 271 g/mol. The molecule has 19 heavy (non-hydrogen) atoms. The van der Waals surface area contributed by atoms with Gasteiger partial charge in [-0.05, 0) is 30.9 Å². The zero-order valence-electron chi connectivity index (χ0n) is 10.5. The molecular formula is C13H16F3N3. The minimum atomic E-state index is -4.34. The van der Waals surface area contributed by atoms with Gasteiger partial charge >= 0.3 is 6.18 Å². The Labute approximate surface area is 109 Å². The van der Waals surface area contributed by atoms with Crippen LogP contribution in [0.25, 0.3) is 0 Å². The van der Waals surface area contributed by atoms with Crippen molar-refractivity contribution in [1.29, 1.82) is 0 Å². The molecule has 0 aliphatic carbocycles. The maximum absolute atomic E-state index is 13.1. The van der Waals surface area contributed by atoms with E-state index in [9.17, 15) is 13.2 Å². The molecule has 3 heterocycles. The average molecular weight is 271 g/mol. The van der Waals surface area contributed by atoms with Crippen LogP contribution in [0.5, 0.6) is 0 Å². The Morgan fingerprint density at radius 2 is 2.16 bits per heavy atom. The van der Waals surface area contributed by atoms with Crippen LogP contribution in [0.1, 0.15) is 18.4 Å². The fraction of sp³-hybridized carbons (Fsp3) is 0.615. The molecular weight excluding hydrogens is 255 g/mol. The van der Waals surface area contributed by atoms with E-state index < -0.39 is 11.7 Å². The Morgan fingerprint density at radius 3 is 2.95 bits per heavy atom. The lowest BCUT2D eigenvalue weighted by molar-refractivity contribution is -0.137. The summed E-state index contributed by atoms with van der Waals surface area (Å²) < 4.78 is 39.2. The summed E-state index contributed by atoms with van der Waals surface area (Å²) in [7, 11) is 0. The smallest absolute Gasteiger partial charge is 0.352 e. The van der Waals surface area contributed by atoms with E-state index in [1.165, 1.54) is 12.3 Å². The number of hydrogen-bond acceptors (Lipinski definition) is 3. The van der Waals surface area contributed by atoms with Crippen LogP contribution in [-0.2, 0) is 6.18 Å². The van der Waals surface area contributed by atoms with Gasteiger partial charge in [0.2, 0.25) is 0 Å². The second-order valence-corrected chi connectivity index (χ2v) is 5.19. The minimum Gasteiger partial charge on any atom is -0.352 e. The first-order valence-corrected chi connectivity index (χ1v) is 6.57. The zero-order chi connectivity index (χ0) is 13.5. The summed E-state index contributed by atoms with van der Waals surface area (Å²) in [4.78, 5) is 5.85. The number of fused-ring (bicyclic) bond motifs is 1. The lowest BCUT2D eigenvalue weighted by atomic mass is 9.91. The Hall–Kier alpha value is -1.30. The maximum Gasteiger partial charge on any atom is 0.419 e. The highest BCUT2D eigenvalue weighted by Crippen LogP contribution is 2.38. The van der Waals surface area contributed by atoms with Crippen LogP contribution in [0.15, 0.2) is 18.3 Å². The normalized spacial score (nSPS) is 27.4. The largest absolute Gasteiger partial charge is 0.419 e. The molecule has 1 N–H and O–H groups in total. The van der Waals surface area contributed by atoms with Gasteiger partial charge in [0, 0.05) is 31.9 Å². The summed E-state index contributed by atoms with van der Waals surface area (Å²) >= 11 is 0. The second-order valence-electron chi connectivity index (χ2n) is 5.19. The number of pyridine rings is 1. The fourth-order valence-corrected chi connectivity index (χ4v) is 3.18. The van der Waals surface area contributed by atoms with Crippen molar-refractivity contribution in [2.75, 3.05) is 24.5 Å². The Bertz CT molecular complexity index is 461. The van der Waals surface area contributed by atoms with E-state index in [0.717, 1.165) is 32.0 Å². The quantitative estimate of drug-likeness (QED) is 0.849. The second kappa shape index (κ2) is 4.67. The van der Waals surface area contributed by atoms with E-state index >= 15 is 0 Å². The van der Waals surface area contributed by atoms with Gasteiger partial charge < -0.3 is 10.2 Å². The molecule has 0 aromatic carbocycles. The number of rotatable bonds is 1. The van der Waals surface area contributed by atoms with Crippen molar-refractivity contribution in [2.24, 2.45) is 5.92 Å². The van der Waals surface area contributed by atoms with E-state index in [0.29, 0.717) is 12.5 Å². The summed E-state index contributed by atoms with van der Waals surface area (Å²) in [6, 6.07) is 2.61. The van der Waals surface area contributed by atoms with Crippen molar-refractivity contribution in [2.45, 2.75) is 25.1 Å². The molecule has 0 spiro atoms. The highest BCUT2D eigenvalue weighted by atomic mass is 19.4. The van der Waals surface area contributed by atoms with Crippen molar-refractivity contribution in [3.63, 3.8) is 0 Å². The molecule has 2 aliphatic heterocycles. The molecule has 0 bridgehead atoms. The van der Waals surface area contributed by atoms with Crippen LogP contribution in [0.4, 0.5) is 19.0 Å².